The number of hydrogen-bond acceptors (Lipinski definition) is 5. The van der Waals surface area contributed by atoms with Gasteiger partial charge in [0.15, 0.2) is 0 Å². The number of esters is 1. The summed E-state index contributed by atoms with van der Waals surface area (Å²) in [5.41, 5.74) is 5.98. The van der Waals surface area contributed by atoms with Crippen molar-refractivity contribution in [2.75, 3.05) is 6.61 Å². The molecule has 2 N–H and O–H groups in total. The van der Waals surface area contributed by atoms with Crippen molar-refractivity contribution in [3.8, 4) is 5.75 Å². The lowest BCUT2D eigenvalue weighted by Gasteiger charge is -2.09. The third-order valence-corrected chi connectivity index (χ3v) is 3.54. The van der Waals surface area contributed by atoms with E-state index in [0.717, 1.165) is 5.56 Å². The number of hydrogen-bond donors (Lipinski definition) is 2. The molecule has 7 nitrogen and oxygen atoms in total. The van der Waals surface area contributed by atoms with Gasteiger partial charge in [0.2, 0.25) is 5.91 Å². The molecule has 27 heavy (non-hydrogen) atoms. The first kappa shape index (κ1) is 20.0. The van der Waals surface area contributed by atoms with Crippen LogP contribution in [0.5, 0.6) is 5.75 Å². The molecule has 2 amide bonds. The molecule has 7 heteroatoms. The van der Waals surface area contributed by atoms with Crippen molar-refractivity contribution >= 4 is 17.8 Å². The lowest BCUT2D eigenvalue weighted by Crippen LogP contribution is -2.41. The molecule has 0 bridgehead atoms. The summed E-state index contributed by atoms with van der Waals surface area (Å²) in [4.78, 5) is 34.8. The highest BCUT2D eigenvalue weighted by Gasteiger charge is 2.10. The van der Waals surface area contributed by atoms with E-state index < -0.39 is 17.8 Å². The molecule has 0 radical (unpaired) electrons. The van der Waals surface area contributed by atoms with E-state index in [-0.39, 0.29) is 19.4 Å². The molecule has 2 rings (SSSR count). The monoisotopic (exact) mass is 370 g/mol. The number of hydrazine groups is 1. The van der Waals surface area contributed by atoms with E-state index in [2.05, 4.69) is 10.9 Å². The Labute approximate surface area is 157 Å². The lowest BCUT2D eigenvalue weighted by atomic mass is 10.2. The average Bonchev–Trinajstić information content (AvgIpc) is 2.70. The molecule has 0 spiro atoms. The summed E-state index contributed by atoms with van der Waals surface area (Å²) in [5.74, 6) is -0.757. The molecule has 0 saturated carbocycles. The molecule has 2 aromatic rings. The van der Waals surface area contributed by atoms with Gasteiger partial charge in [-0.3, -0.25) is 25.2 Å². The summed E-state index contributed by atoms with van der Waals surface area (Å²) in [6, 6.07) is 16.3. The second-order valence-corrected chi connectivity index (χ2v) is 5.61. The number of benzene rings is 2. The SMILES string of the molecule is CCOC(=O)CCC(=O)NNC(=O)c1ccc(OCc2ccccc2)cc1. The zero-order chi connectivity index (χ0) is 19.5. The zero-order valence-electron chi connectivity index (χ0n) is 15.1. The Morgan fingerprint density at radius 2 is 1.59 bits per heavy atom. The van der Waals surface area contributed by atoms with Crippen molar-refractivity contribution < 1.29 is 23.9 Å². The van der Waals surface area contributed by atoms with Gasteiger partial charge in [0.05, 0.1) is 13.0 Å². The van der Waals surface area contributed by atoms with Gasteiger partial charge in [0.25, 0.3) is 5.91 Å². The molecule has 0 aliphatic rings. The van der Waals surface area contributed by atoms with E-state index in [1.54, 1.807) is 31.2 Å². The Morgan fingerprint density at radius 1 is 0.889 bits per heavy atom. The summed E-state index contributed by atoms with van der Waals surface area (Å²) < 4.78 is 10.4. The Kier molecular flexibility index (Phi) is 7.84. The number of nitrogens with one attached hydrogen (secondary N) is 2. The van der Waals surface area contributed by atoms with Crippen LogP contribution in [0, 0.1) is 0 Å². The van der Waals surface area contributed by atoms with Gasteiger partial charge in [0, 0.05) is 12.0 Å². The maximum Gasteiger partial charge on any atom is 0.306 e. The van der Waals surface area contributed by atoms with Crippen LogP contribution >= 0.6 is 0 Å². The van der Waals surface area contributed by atoms with Crippen LogP contribution in [0.25, 0.3) is 0 Å². The predicted octanol–water partition coefficient (Wildman–Crippen LogP) is 2.37. The highest BCUT2D eigenvalue weighted by molar-refractivity contribution is 5.95. The van der Waals surface area contributed by atoms with Gasteiger partial charge in [0.1, 0.15) is 12.4 Å². The van der Waals surface area contributed by atoms with E-state index >= 15 is 0 Å². The van der Waals surface area contributed by atoms with Crippen molar-refractivity contribution in [3.05, 3.63) is 65.7 Å². The van der Waals surface area contributed by atoms with Gasteiger partial charge in [-0.25, -0.2) is 0 Å². The van der Waals surface area contributed by atoms with Gasteiger partial charge >= 0.3 is 5.97 Å². The molecule has 0 aliphatic heterocycles. The highest BCUT2D eigenvalue weighted by Crippen LogP contribution is 2.14. The molecule has 0 atom stereocenters. The fourth-order valence-corrected chi connectivity index (χ4v) is 2.15. The van der Waals surface area contributed by atoms with E-state index in [1.807, 2.05) is 30.3 Å². The standard InChI is InChI=1S/C20H22N2O5/c1-2-26-19(24)13-12-18(23)21-22-20(25)16-8-10-17(11-9-16)27-14-15-6-4-3-5-7-15/h3-11H,2,12-14H2,1H3,(H,21,23)(H,22,25). The first-order valence-corrected chi connectivity index (χ1v) is 8.60. The minimum absolute atomic E-state index is 0.0387. The Bertz CT molecular complexity index is 760. The number of amides is 2. The number of rotatable bonds is 8. The van der Waals surface area contributed by atoms with Crippen molar-refractivity contribution in [1.29, 1.82) is 0 Å². The minimum Gasteiger partial charge on any atom is -0.489 e. The molecule has 0 fully saturated rings. The number of carbonyl (C=O) groups is 3. The number of ether oxygens (including phenoxy) is 2. The molecule has 0 aliphatic carbocycles. The molecular formula is C20H22N2O5. The largest absolute Gasteiger partial charge is 0.489 e. The molecule has 0 aromatic heterocycles. The smallest absolute Gasteiger partial charge is 0.306 e. The predicted molar refractivity (Wildman–Crippen MR) is 98.7 cm³/mol. The molecular weight excluding hydrogens is 348 g/mol. The van der Waals surface area contributed by atoms with Crippen LogP contribution in [0.15, 0.2) is 54.6 Å². The molecule has 0 unspecified atom stereocenters. The van der Waals surface area contributed by atoms with Crippen molar-refractivity contribution in [1.82, 2.24) is 10.9 Å². The fraction of sp³-hybridized carbons (Fsp3) is 0.250. The van der Waals surface area contributed by atoms with Crippen molar-refractivity contribution in [2.45, 2.75) is 26.4 Å². The van der Waals surface area contributed by atoms with Crippen LogP contribution in [-0.4, -0.2) is 24.4 Å². The normalized spacial score (nSPS) is 9.96. The van der Waals surface area contributed by atoms with Gasteiger partial charge < -0.3 is 9.47 Å². The van der Waals surface area contributed by atoms with E-state index in [0.29, 0.717) is 17.9 Å². The van der Waals surface area contributed by atoms with Crippen LogP contribution < -0.4 is 15.6 Å². The van der Waals surface area contributed by atoms with Crippen LogP contribution in [0.1, 0.15) is 35.7 Å². The van der Waals surface area contributed by atoms with Crippen molar-refractivity contribution in [3.63, 3.8) is 0 Å². The molecule has 0 saturated heterocycles. The van der Waals surface area contributed by atoms with Crippen LogP contribution in [0.4, 0.5) is 0 Å². The topological polar surface area (TPSA) is 93.7 Å². The summed E-state index contributed by atoms with van der Waals surface area (Å²) in [6.07, 6.45) is -0.103. The van der Waals surface area contributed by atoms with Gasteiger partial charge in [-0.05, 0) is 36.8 Å². The number of carbonyl (C=O) groups excluding carboxylic acids is 3. The van der Waals surface area contributed by atoms with E-state index in [9.17, 15) is 14.4 Å². The van der Waals surface area contributed by atoms with Crippen molar-refractivity contribution in [2.24, 2.45) is 0 Å². The van der Waals surface area contributed by atoms with Crippen LogP contribution in [-0.2, 0) is 20.9 Å². The third-order valence-electron chi connectivity index (χ3n) is 3.54. The second kappa shape index (κ2) is 10.6. The highest BCUT2D eigenvalue weighted by atomic mass is 16.5. The van der Waals surface area contributed by atoms with Crippen LogP contribution in [0.3, 0.4) is 0 Å². The summed E-state index contributed by atoms with van der Waals surface area (Å²) in [5, 5.41) is 0. The molecule has 2 aromatic carbocycles. The quantitative estimate of drug-likeness (QED) is 0.550. The maximum atomic E-state index is 12.0. The first-order chi connectivity index (χ1) is 13.1. The van der Waals surface area contributed by atoms with Gasteiger partial charge in [-0.1, -0.05) is 30.3 Å². The minimum atomic E-state index is -0.473. The van der Waals surface area contributed by atoms with Gasteiger partial charge in [-0.15, -0.1) is 0 Å². The maximum absolute atomic E-state index is 12.0. The fourth-order valence-electron chi connectivity index (χ4n) is 2.15. The van der Waals surface area contributed by atoms with E-state index in [1.165, 1.54) is 0 Å². The Morgan fingerprint density at radius 3 is 2.26 bits per heavy atom. The Balaban J connectivity index is 1.74. The Hall–Kier alpha value is -3.35. The summed E-state index contributed by atoms with van der Waals surface area (Å²) in [7, 11) is 0. The third kappa shape index (κ3) is 7.19. The summed E-state index contributed by atoms with van der Waals surface area (Å²) >= 11 is 0. The van der Waals surface area contributed by atoms with Crippen LogP contribution in [0.2, 0.25) is 0 Å². The summed E-state index contributed by atoms with van der Waals surface area (Å²) in [6.45, 7) is 2.39. The average molecular weight is 370 g/mol. The molecule has 0 heterocycles. The lowest BCUT2D eigenvalue weighted by molar-refractivity contribution is -0.144. The second-order valence-electron chi connectivity index (χ2n) is 5.61. The van der Waals surface area contributed by atoms with Gasteiger partial charge in [-0.2, -0.15) is 0 Å². The molecule has 142 valence electrons. The van der Waals surface area contributed by atoms with E-state index in [4.69, 9.17) is 9.47 Å². The zero-order valence-corrected chi connectivity index (χ0v) is 15.1. The first-order valence-electron chi connectivity index (χ1n) is 8.60.